The van der Waals surface area contributed by atoms with Crippen LogP contribution in [0.3, 0.4) is 0 Å². The Hall–Kier alpha value is -1.44. The van der Waals surface area contributed by atoms with Crippen LogP contribution in [-0.4, -0.2) is 92.3 Å². The van der Waals surface area contributed by atoms with Gasteiger partial charge in [0.15, 0.2) is 0 Å². The molecule has 1 aliphatic heterocycles. The van der Waals surface area contributed by atoms with Gasteiger partial charge >= 0.3 is 13.5 Å². The molecule has 35 heavy (non-hydrogen) atoms. The lowest BCUT2D eigenvalue weighted by atomic mass is 10.2. The number of phosphoric ester groups is 1. The van der Waals surface area contributed by atoms with E-state index in [2.05, 4.69) is 55.9 Å². The Morgan fingerprint density at radius 2 is 1.51 bits per heavy atom. The summed E-state index contributed by atoms with van der Waals surface area (Å²) >= 11 is 0. The van der Waals surface area contributed by atoms with Crippen molar-refractivity contribution in [3.8, 4) is 0 Å². The van der Waals surface area contributed by atoms with E-state index in [4.69, 9.17) is 14.5 Å². The molecule has 0 unspecified atom stereocenters. The molecular weight excluding hydrogens is 486 g/mol. The van der Waals surface area contributed by atoms with Crippen molar-refractivity contribution in [3.05, 3.63) is 32.9 Å². The zero-order valence-corrected chi connectivity index (χ0v) is 22.4. The number of aromatic nitrogens is 2. The summed E-state index contributed by atoms with van der Waals surface area (Å²) in [6, 6.07) is 0. The first-order chi connectivity index (χ1) is 16.4. The predicted molar refractivity (Wildman–Crippen MR) is 131 cm³/mol. The summed E-state index contributed by atoms with van der Waals surface area (Å²) in [6.07, 6.45) is -2.89. The van der Waals surface area contributed by atoms with E-state index >= 15 is 0 Å². The molecule has 14 heteroatoms. The minimum Gasteiger partial charge on any atom is -0.390 e. The molecule has 0 bridgehead atoms. The van der Waals surface area contributed by atoms with Gasteiger partial charge in [0, 0.05) is 6.42 Å². The molecule has 4 N–H and O–H groups in total. The van der Waals surface area contributed by atoms with Gasteiger partial charge in [0.2, 0.25) is 5.82 Å². The topological polar surface area (TPSA) is 158 Å². The summed E-state index contributed by atoms with van der Waals surface area (Å²) in [4.78, 5) is 46.1. The van der Waals surface area contributed by atoms with Gasteiger partial charge in [-0.1, -0.05) is 41.5 Å². The van der Waals surface area contributed by atoms with Crippen molar-refractivity contribution in [2.45, 2.75) is 66.4 Å². The quantitative estimate of drug-likeness (QED) is 0.325. The highest BCUT2D eigenvalue weighted by Gasteiger charge is 2.37. The molecule has 3 atom stereocenters. The maximum atomic E-state index is 13.2. The van der Waals surface area contributed by atoms with Crippen LogP contribution in [-0.2, 0) is 13.8 Å². The third kappa shape index (κ3) is 12.9. The number of halogens is 1. The van der Waals surface area contributed by atoms with Crippen LogP contribution in [0.25, 0.3) is 0 Å². The molecule has 1 aliphatic rings. The van der Waals surface area contributed by atoms with E-state index in [1.165, 1.54) is 39.3 Å². The molecule has 0 saturated carbocycles. The summed E-state index contributed by atoms with van der Waals surface area (Å²) in [7, 11) is -4.73. The molecular formula is C21H42FN4O8P. The lowest BCUT2D eigenvalue weighted by Crippen LogP contribution is -2.34. The Morgan fingerprint density at radius 1 is 1.06 bits per heavy atom. The zero-order valence-electron chi connectivity index (χ0n) is 21.5. The van der Waals surface area contributed by atoms with E-state index in [1.807, 2.05) is 0 Å². The van der Waals surface area contributed by atoms with Crippen molar-refractivity contribution >= 4 is 7.82 Å². The number of ether oxygens (including phenoxy) is 1. The summed E-state index contributed by atoms with van der Waals surface area (Å²) < 4.78 is 33.9. The fourth-order valence-corrected chi connectivity index (χ4v) is 3.56. The molecule has 1 aromatic rings. The van der Waals surface area contributed by atoms with Gasteiger partial charge in [-0.3, -0.25) is 18.9 Å². The zero-order chi connectivity index (χ0) is 27.2. The number of aliphatic hydroxyl groups excluding tert-OH is 1. The van der Waals surface area contributed by atoms with E-state index < -0.39 is 49.9 Å². The fraction of sp³-hybridized carbons (Fsp3) is 0.810. The van der Waals surface area contributed by atoms with Gasteiger partial charge in [-0.2, -0.15) is 4.39 Å². The van der Waals surface area contributed by atoms with Crippen molar-refractivity contribution in [1.82, 2.24) is 19.4 Å². The highest BCUT2D eigenvalue weighted by Crippen LogP contribution is 2.38. The van der Waals surface area contributed by atoms with Gasteiger partial charge in [0.1, 0.15) is 12.3 Å². The highest BCUT2D eigenvalue weighted by molar-refractivity contribution is 7.46. The van der Waals surface area contributed by atoms with Gasteiger partial charge in [-0.25, -0.2) is 9.36 Å². The number of nitrogens with one attached hydrogen (secondary N) is 1. The van der Waals surface area contributed by atoms with Crippen LogP contribution < -0.4 is 11.2 Å². The highest BCUT2D eigenvalue weighted by atomic mass is 31.2. The molecule has 0 aromatic carbocycles. The number of hydrogen-bond acceptors (Lipinski definition) is 8. The molecule has 0 aliphatic carbocycles. The van der Waals surface area contributed by atoms with Crippen LogP contribution >= 0.6 is 7.82 Å². The smallest absolute Gasteiger partial charge is 0.390 e. The Bertz CT molecular complexity index is 847. The molecule has 2 rings (SSSR count). The maximum Gasteiger partial charge on any atom is 0.469 e. The van der Waals surface area contributed by atoms with Crippen molar-refractivity contribution in [1.29, 1.82) is 0 Å². The summed E-state index contributed by atoms with van der Waals surface area (Å²) in [6.45, 7) is 19.6. The molecule has 0 amide bonds. The minimum absolute atomic E-state index is 0.138. The number of aliphatic hydroxyl groups is 1. The van der Waals surface area contributed by atoms with Gasteiger partial charge in [-0.15, -0.1) is 0 Å². The normalized spacial score (nSPS) is 19.8. The Balaban J connectivity index is 0.000000680. The van der Waals surface area contributed by atoms with Crippen LogP contribution in [0.2, 0.25) is 0 Å². The molecule has 206 valence electrons. The van der Waals surface area contributed by atoms with Crippen molar-refractivity contribution in [3.63, 3.8) is 0 Å². The molecule has 1 aromatic heterocycles. The Kier molecular flexibility index (Phi) is 16.4. The standard InChI is InChI=1S/C9H12FN2O8P.2C6H15N/c10-4-2-12(9(15)11-8(4)14)7-1-5(13)6(20-7)3-19-21(16,17)18;2*1-4-7(5-2)6-3/h2,5-7,13H,1,3H2,(H,11,14,15)(H2,16,17,18);2*4-6H2,1-3H3/t5-,6+,7+;;/m0../s1. The Morgan fingerprint density at radius 3 is 1.89 bits per heavy atom. The number of phosphoric acid groups is 1. The second-order valence-electron chi connectivity index (χ2n) is 7.60. The second kappa shape index (κ2) is 17.1. The van der Waals surface area contributed by atoms with E-state index in [0.717, 1.165) is 4.57 Å². The van der Waals surface area contributed by atoms with Gasteiger partial charge in [0.05, 0.1) is 18.9 Å². The molecule has 12 nitrogen and oxygen atoms in total. The number of rotatable bonds is 10. The van der Waals surface area contributed by atoms with Crippen molar-refractivity contribution in [2.24, 2.45) is 0 Å². The van der Waals surface area contributed by atoms with Crippen molar-refractivity contribution in [2.75, 3.05) is 45.9 Å². The average Bonchev–Trinajstić information content (AvgIpc) is 3.18. The van der Waals surface area contributed by atoms with Crippen LogP contribution in [0.15, 0.2) is 15.8 Å². The maximum absolute atomic E-state index is 13.2. The molecule has 2 heterocycles. The van der Waals surface area contributed by atoms with E-state index in [9.17, 15) is 23.7 Å². The minimum atomic E-state index is -4.73. The third-order valence-corrected chi connectivity index (χ3v) is 6.01. The molecule has 0 spiro atoms. The number of hydrogen-bond donors (Lipinski definition) is 4. The van der Waals surface area contributed by atoms with Crippen molar-refractivity contribution < 1.29 is 33.1 Å². The lowest BCUT2D eigenvalue weighted by Gasteiger charge is -2.16. The molecule has 1 saturated heterocycles. The SMILES string of the molecule is CCN(CC)CC.CCN(CC)CC.O=c1[nH]c(=O)n([C@H]2C[C@H](O)[C@@H](COP(=O)(O)O)O2)cc1F. The van der Waals surface area contributed by atoms with E-state index in [1.54, 1.807) is 4.98 Å². The first-order valence-corrected chi connectivity index (χ1v) is 13.4. The van der Waals surface area contributed by atoms with Gasteiger partial charge < -0.3 is 29.4 Å². The van der Waals surface area contributed by atoms with Crippen LogP contribution in [0, 0.1) is 5.82 Å². The van der Waals surface area contributed by atoms with E-state index in [-0.39, 0.29) is 6.42 Å². The summed E-state index contributed by atoms with van der Waals surface area (Å²) in [5.74, 6) is -1.21. The summed E-state index contributed by atoms with van der Waals surface area (Å²) in [5, 5.41) is 9.69. The average molecular weight is 529 g/mol. The largest absolute Gasteiger partial charge is 0.469 e. The summed E-state index contributed by atoms with van der Waals surface area (Å²) in [5.41, 5.74) is -2.12. The second-order valence-corrected chi connectivity index (χ2v) is 8.84. The van der Waals surface area contributed by atoms with Crippen LogP contribution in [0.1, 0.15) is 54.2 Å². The fourth-order valence-electron chi connectivity index (χ4n) is 3.22. The number of aromatic amines is 1. The Labute approximate surface area is 205 Å². The number of H-pyrrole nitrogens is 1. The third-order valence-electron chi connectivity index (χ3n) is 5.53. The van der Waals surface area contributed by atoms with Crippen LogP contribution in [0.5, 0.6) is 0 Å². The molecule has 0 radical (unpaired) electrons. The monoisotopic (exact) mass is 528 g/mol. The first-order valence-electron chi connectivity index (χ1n) is 11.9. The van der Waals surface area contributed by atoms with Gasteiger partial charge in [-0.05, 0) is 39.3 Å². The number of nitrogens with zero attached hydrogens (tertiary/aromatic N) is 3. The van der Waals surface area contributed by atoms with Gasteiger partial charge in [0.25, 0.3) is 5.56 Å². The van der Waals surface area contributed by atoms with Crippen LogP contribution in [0.4, 0.5) is 4.39 Å². The lowest BCUT2D eigenvalue weighted by molar-refractivity contribution is -0.0453. The first kappa shape index (κ1) is 33.6. The molecule has 1 fully saturated rings. The van der Waals surface area contributed by atoms with E-state index in [0.29, 0.717) is 6.20 Å². The predicted octanol–water partition coefficient (Wildman–Crippen LogP) is 1.13.